The SMILES string of the molecule is Cc1cc2c(cc1Oc1ccc(C(N)=O)o1)C(C)(C)CC2. The van der Waals surface area contributed by atoms with E-state index in [9.17, 15) is 4.79 Å². The van der Waals surface area contributed by atoms with E-state index in [1.807, 2.05) is 6.92 Å². The van der Waals surface area contributed by atoms with Crippen molar-refractivity contribution in [2.45, 2.75) is 39.0 Å². The van der Waals surface area contributed by atoms with Gasteiger partial charge in [-0.05, 0) is 54.0 Å². The minimum absolute atomic E-state index is 0.101. The van der Waals surface area contributed by atoms with Gasteiger partial charge in [0.25, 0.3) is 11.9 Å². The molecule has 2 N–H and O–H groups in total. The standard InChI is InChI=1S/C17H19NO3/c1-10-8-11-6-7-17(2,3)12(11)9-14(10)21-15-5-4-13(20-15)16(18)19/h4-5,8-9H,6-7H2,1-3H3,(H2,18,19). The highest BCUT2D eigenvalue weighted by Gasteiger charge is 2.30. The maximum absolute atomic E-state index is 11.0. The number of carbonyl (C=O) groups excluding carboxylic acids is 1. The summed E-state index contributed by atoms with van der Waals surface area (Å²) >= 11 is 0. The minimum atomic E-state index is -0.600. The first-order chi connectivity index (χ1) is 9.87. The summed E-state index contributed by atoms with van der Waals surface area (Å²) in [6.07, 6.45) is 2.26. The van der Waals surface area contributed by atoms with Crippen molar-refractivity contribution in [2.24, 2.45) is 5.73 Å². The lowest BCUT2D eigenvalue weighted by molar-refractivity contribution is 0.0969. The van der Waals surface area contributed by atoms with E-state index in [-0.39, 0.29) is 17.1 Å². The number of hydrogen-bond donors (Lipinski definition) is 1. The van der Waals surface area contributed by atoms with Crippen LogP contribution >= 0.6 is 0 Å². The van der Waals surface area contributed by atoms with Gasteiger partial charge in [-0.25, -0.2) is 0 Å². The molecule has 2 aromatic rings. The summed E-state index contributed by atoms with van der Waals surface area (Å²) in [7, 11) is 0. The van der Waals surface area contributed by atoms with Gasteiger partial charge in [-0.1, -0.05) is 19.9 Å². The van der Waals surface area contributed by atoms with Gasteiger partial charge in [0.05, 0.1) is 0 Å². The van der Waals surface area contributed by atoms with Crippen molar-refractivity contribution in [2.75, 3.05) is 0 Å². The second-order valence-corrected chi connectivity index (χ2v) is 6.24. The molecule has 110 valence electrons. The molecule has 0 fully saturated rings. The molecule has 0 aliphatic heterocycles. The van der Waals surface area contributed by atoms with Crippen LogP contribution in [0.1, 0.15) is 47.5 Å². The van der Waals surface area contributed by atoms with E-state index < -0.39 is 5.91 Å². The van der Waals surface area contributed by atoms with E-state index >= 15 is 0 Å². The molecule has 3 rings (SSSR count). The molecule has 0 unspecified atom stereocenters. The van der Waals surface area contributed by atoms with E-state index in [4.69, 9.17) is 14.9 Å². The van der Waals surface area contributed by atoms with Crippen LogP contribution in [0.25, 0.3) is 0 Å². The lowest BCUT2D eigenvalue weighted by Crippen LogP contribution is -2.11. The first kappa shape index (κ1) is 13.7. The van der Waals surface area contributed by atoms with Crippen molar-refractivity contribution in [3.8, 4) is 11.7 Å². The summed E-state index contributed by atoms with van der Waals surface area (Å²) in [5.41, 5.74) is 9.11. The minimum Gasteiger partial charge on any atom is -0.426 e. The first-order valence-electron chi connectivity index (χ1n) is 7.08. The van der Waals surface area contributed by atoms with Gasteiger partial charge in [0.1, 0.15) is 5.75 Å². The van der Waals surface area contributed by atoms with Crippen LogP contribution in [0.2, 0.25) is 0 Å². The molecule has 1 amide bonds. The number of furan rings is 1. The lowest BCUT2D eigenvalue weighted by atomic mass is 9.86. The van der Waals surface area contributed by atoms with Crippen molar-refractivity contribution in [1.82, 2.24) is 0 Å². The van der Waals surface area contributed by atoms with Gasteiger partial charge in [-0.15, -0.1) is 0 Å². The molecule has 1 heterocycles. The summed E-state index contributed by atoms with van der Waals surface area (Å²) in [5.74, 6) is 0.539. The zero-order valence-electron chi connectivity index (χ0n) is 12.5. The van der Waals surface area contributed by atoms with Gasteiger partial charge in [0, 0.05) is 6.07 Å². The van der Waals surface area contributed by atoms with Crippen molar-refractivity contribution in [1.29, 1.82) is 0 Å². The number of primary amides is 1. The van der Waals surface area contributed by atoms with E-state index in [0.29, 0.717) is 0 Å². The molecule has 1 aromatic carbocycles. The Bertz CT molecular complexity index is 713. The highest BCUT2D eigenvalue weighted by atomic mass is 16.6. The fourth-order valence-electron chi connectivity index (χ4n) is 2.89. The van der Waals surface area contributed by atoms with Crippen LogP contribution in [0.4, 0.5) is 0 Å². The molecule has 0 radical (unpaired) electrons. The first-order valence-corrected chi connectivity index (χ1v) is 7.08. The fourth-order valence-corrected chi connectivity index (χ4v) is 2.89. The zero-order valence-corrected chi connectivity index (χ0v) is 12.5. The number of ether oxygens (including phenoxy) is 1. The van der Waals surface area contributed by atoms with Crippen molar-refractivity contribution >= 4 is 5.91 Å². The summed E-state index contributed by atoms with van der Waals surface area (Å²) < 4.78 is 11.1. The Hall–Kier alpha value is -2.23. The molecule has 0 bridgehead atoms. The zero-order chi connectivity index (χ0) is 15.2. The highest BCUT2D eigenvalue weighted by molar-refractivity contribution is 5.89. The third-order valence-electron chi connectivity index (χ3n) is 4.18. The highest BCUT2D eigenvalue weighted by Crippen LogP contribution is 2.42. The Kier molecular flexibility index (Phi) is 3.04. The van der Waals surface area contributed by atoms with Crippen LogP contribution in [-0.2, 0) is 11.8 Å². The van der Waals surface area contributed by atoms with Crippen molar-refractivity contribution in [3.05, 3.63) is 46.7 Å². The Morgan fingerprint density at radius 1 is 1.33 bits per heavy atom. The second-order valence-electron chi connectivity index (χ2n) is 6.24. The van der Waals surface area contributed by atoms with E-state index in [0.717, 1.165) is 24.2 Å². The van der Waals surface area contributed by atoms with Gasteiger partial charge in [0.2, 0.25) is 0 Å². The molecular formula is C17H19NO3. The van der Waals surface area contributed by atoms with Crippen LogP contribution in [0, 0.1) is 6.92 Å². The average molecular weight is 285 g/mol. The molecule has 0 saturated heterocycles. The quantitative estimate of drug-likeness (QED) is 0.935. The summed E-state index contributed by atoms with van der Waals surface area (Å²) in [4.78, 5) is 11.0. The molecule has 21 heavy (non-hydrogen) atoms. The Morgan fingerprint density at radius 3 is 2.76 bits per heavy atom. The smallest absolute Gasteiger partial charge is 0.290 e. The fraction of sp³-hybridized carbons (Fsp3) is 0.353. The molecule has 0 saturated carbocycles. The maximum atomic E-state index is 11.0. The number of fused-ring (bicyclic) bond motifs is 1. The summed E-state index contributed by atoms with van der Waals surface area (Å²) in [6.45, 7) is 6.50. The van der Waals surface area contributed by atoms with Gasteiger partial charge in [-0.2, -0.15) is 0 Å². The van der Waals surface area contributed by atoms with Crippen LogP contribution < -0.4 is 10.5 Å². The van der Waals surface area contributed by atoms with Crippen molar-refractivity contribution in [3.63, 3.8) is 0 Å². The topological polar surface area (TPSA) is 65.5 Å². The number of hydrogen-bond acceptors (Lipinski definition) is 3. The molecule has 1 aliphatic rings. The summed E-state index contributed by atoms with van der Waals surface area (Å²) in [6, 6.07) is 7.39. The van der Waals surface area contributed by atoms with Gasteiger partial charge < -0.3 is 14.9 Å². The van der Waals surface area contributed by atoms with E-state index in [1.54, 1.807) is 6.07 Å². The molecular weight excluding hydrogens is 266 g/mol. The average Bonchev–Trinajstić information content (AvgIpc) is 2.97. The Morgan fingerprint density at radius 2 is 2.10 bits per heavy atom. The molecule has 1 aromatic heterocycles. The molecule has 4 heteroatoms. The number of nitrogens with two attached hydrogens (primary N) is 1. The largest absolute Gasteiger partial charge is 0.426 e. The van der Waals surface area contributed by atoms with Crippen molar-refractivity contribution < 1.29 is 13.9 Å². The Balaban J connectivity index is 1.94. The molecule has 0 atom stereocenters. The maximum Gasteiger partial charge on any atom is 0.290 e. The van der Waals surface area contributed by atoms with E-state index in [2.05, 4.69) is 26.0 Å². The third-order valence-corrected chi connectivity index (χ3v) is 4.18. The summed E-state index contributed by atoms with van der Waals surface area (Å²) in [5, 5.41) is 0. The number of aryl methyl sites for hydroxylation is 2. The van der Waals surface area contributed by atoms with Crippen LogP contribution in [-0.4, -0.2) is 5.91 Å². The number of amides is 1. The molecule has 0 spiro atoms. The number of carbonyl (C=O) groups is 1. The Labute approximate surface area is 123 Å². The monoisotopic (exact) mass is 285 g/mol. The number of rotatable bonds is 3. The normalized spacial score (nSPS) is 15.8. The van der Waals surface area contributed by atoms with Gasteiger partial charge in [0.15, 0.2) is 5.76 Å². The number of benzene rings is 1. The van der Waals surface area contributed by atoms with Crippen LogP contribution in [0.5, 0.6) is 11.7 Å². The van der Waals surface area contributed by atoms with Crippen LogP contribution in [0.3, 0.4) is 0 Å². The second kappa shape index (κ2) is 4.65. The van der Waals surface area contributed by atoms with E-state index in [1.165, 1.54) is 17.2 Å². The van der Waals surface area contributed by atoms with Gasteiger partial charge in [-0.3, -0.25) is 4.79 Å². The third kappa shape index (κ3) is 2.42. The molecule has 4 nitrogen and oxygen atoms in total. The lowest BCUT2D eigenvalue weighted by Gasteiger charge is -2.20. The molecule has 1 aliphatic carbocycles. The van der Waals surface area contributed by atoms with Gasteiger partial charge >= 0.3 is 0 Å². The predicted molar refractivity (Wildman–Crippen MR) is 79.8 cm³/mol. The van der Waals surface area contributed by atoms with Crippen LogP contribution in [0.15, 0.2) is 28.7 Å². The predicted octanol–water partition coefficient (Wildman–Crippen LogP) is 3.70.